The van der Waals surface area contributed by atoms with Crippen LogP contribution in [0.2, 0.25) is 0 Å². The number of hydrogen-bond acceptors (Lipinski definition) is 5. The van der Waals surface area contributed by atoms with Gasteiger partial charge in [-0.15, -0.1) is 11.8 Å². The molecule has 0 radical (unpaired) electrons. The van der Waals surface area contributed by atoms with Crippen molar-refractivity contribution in [2.75, 3.05) is 64.0 Å². The van der Waals surface area contributed by atoms with Crippen LogP contribution >= 0.6 is 11.8 Å². The van der Waals surface area contributed by atoms with Gasteiger partial charge in [-0.25, -0.2) is 0 Å². The van der Waals surface area contributed by atoms with Crippen LogP contribution in [0.3, 0.4) is 0 Å². The van der Waals surface area contributed by atoms with Gasteiger partial charge in [0.25, 0.3) is 0 Å². The van der Waals surface area contributed by atoms with Crippen LogP contribution in [0.4, 0.5) is 5.69 Å². The molecule has 1 unspecified atom stereocenters. The summed E-state index contributed by atoms with van der Waals surface area (Å²) >= 11 is 1.67. The van der Waals surface area contributed by atoms with Gasteiger partial charge < -0.3 is 20.0 Å². The Kier molecular flexibility index (Phi) is 7.15. The van der Waals surface area contributed by atoms with Crippen LogP contribution in [0.15, 0.2) is 29.2 Å². The van der Waals surface area contributed by atoms with Gasteiger partial charge in [0.05, 0.1) is 5.92 Å². The first-order valence-electron chi connectivity index (χ1n) is 9.70. The SMILES string of the molecule is CSc1ccc(N2CC(C(=O)NCCCN3CCN(C)CC3)CC2=O)cc1. The molecule has 0 spiro atoms. The quantitative estimate of drug-likeness (QED) is 0.565. The molecule has 0 aromatic heterocycles. The van der Waals surface area contributed by atoms with E-state index in [1.807, 2.05) is 30.5 Å². The molecule has 148 valence electrons. The Morgan fingerprint density at radius 3 is 2.56 bits per heavy atom. The van der Waals surface area contributed by atoms with Gasteiger partial charge in [-0.1, -0.05) is 0 Å². The minimum atomic E-state index is -0.249. The molecule has 2 amide bonds. The van der Waals surface area contributed by atoms with Crippen molar-refractivity contribution in [3.63, 3.8) is 0 Å². The summed E-state index contributed by atoms with van der Waals surface area (Å²) in [6.07, 6.45) is 3.28. The predicted molar refractivity (Wildman–Crippen MR) is 110 cm³/mol. The standard InChI is InChI=1S/C20H30N4O2S/c1-22-10-12-23(13-11-22)9-3-8-21-20(26)16-14-19(25)24(15-16)17-4-6-18(27-2)7-5-17/h4-7,16H,3,8-15H2,1-2H3,(H,21,26). The van der Waals surface area contributed by atoms with E-state index >= 15 is 0 Å². The Labute approximate surface area is 166 Å². The molecule has 0 saturated carbocycles. The third-order valence-electron chi connectivity index (χ3n) is 5.43. The molecular formula is C20H30N4O2S. The Hall–Kier alpha value is -1.57. The molecule has 2 aliphatic heterocycles. The van der Waals surface area contributed by atoms with Gasteiger partial charge in [-0.2, -0.15) is 0 Å². The van der Waals surface area contributed by atoms with Gasteiger partial charge in [-0.3, -0.25) is 9.59 Å². The van der Waals surface area contributed by atoms with Gasteiger partial charge in [0, 0.05) is 56.3 Å². The summed E-state index contributed by atoms with van der Waals surface area (Å²) in [5.41, 5.74) is 0.878. The van der Waals surface area contributed by atoms with Crippen LogP contribution in [-0.2, 0) is 9.59 Å². The van der Waals surface area contributed by atoms with Gasteiger partial charge in [0.2, 0.25) is 11.8 Å². The third-order valence-corrected chi connectivity index (χ3v) is 6.17. The van der Waals surface area contributed by atoms with Crippen molar-refractivity contribution in [3.05, 3.63) is 24.3 Å². The summed E-state index contributed by atoms with van der Waals surface area (Å²) in [4.78, 5) is 32.5. The molecule has 7 heteroatoms. The second kappa shape index (κ2) is 9.57. The average Bonchev–Trinajstić information content (AvgIpc) is 3.08. The van der Waals surface area contributed by atoms with E-state index in [-0.39, 0.29) is 17.7 Å². The maximum Gasteiger partial charge on any atom is 0.227 e. The highest BCUT2D eigenvalue weighted by atomic mass is 32.2. The second-order valence-electron chi connectivity index (χ2n) is 7.39. The fourth-order valence-electron chi connectivity index (χ4n) is 3.62. The van der Waals surface area contributed by atoms with E-state index in [9.17, 15) is 9.59 Å². The van der Waals surface area contributed by atoms with Crippen LogP contribution in [0, 0.1) is 5.92 Å². The smallest absolute Gasteiger partial charge is 0.227 e. The first-order chi connectivity index (χ1) is 13.1. The number of thioether (sulfide) groups is 1. The number of benzene rings is 1. The average molecular weight is 391 g/mol. The van der Waals surface area contributed by atoms with Crippen LogP contribution in [-0.4, -0.2) is 80.7 Å². The van der Waals surface area contributed by atoms with E-state index in [1.165, 1.54) is 4.90 Å². The van der Waals surface area contributed by atoms with E-state index < -0.39 is 0 Å². The number of likely N-dealkylation sites (N-methyl/N-ethyl adjacent to an activating group) is 1. The van der Waals surface area contributed by atoms with E-state index in [2.05, 4.69) is 22.2 Å². The number of hydrogen-bond donors (Lipinski definition) is 1. The number of amides is 2. The summed E-state index contributed by atoms with van der Waals surface area (Å²) in [7, 11) is 2.15. The molecule has 2 fully saturated rings. The predicted octanol–water partition coefficient (Wildman–Crippen LogP) is 1.52. The summed E-state index contributed by atoms with van der Waals surface area (Å²) in [6, 6.07) is 7.94. The van der Waals surface area contributed by atoms with E-state index in [4.69, 9.17) is 0 Å². The van der Waals surface area contributed by atoms with E-state index in [1.54, 1.807) is 16.7 Å². The molecule has 1 aromatic carbocycles. The van der Waals surface area contributed by atoms with Gasteiger partial charge in [-0.05, 0) is 50.5 Å². The lowest BCUT2D eigenvalue weighted by molar-refractivity contribution is -0.126. The summed E-state index contributed by atoms with van der Waals surface area (Å²) in [5.74, 6) is -0.212. The molecule has 1 N–H and O–H groups in total. The zero-order valence-corrected chi connectivity index (χ0v) is 17.1. The first kappa shape index (κ1) is 20.2. The molecule has 2 heterocycles. The van der Waals surface area contributed by atoms with Gasteiger partial charge >= 0.3 is 0 Å². The van der Waals surface area contributed by atoms with Gasteiger partial charge in [0.15, 0.2) is 0 Å². The maximum atomic E-state index is 12.4. The van der Waals surface area contributed by atoms with Crippen molar-refractivity contribution >= 4 is 29.3 Å². The zero-order chi connectivity index (χ0) is 19.2. The van der Waals surface area contributed by atoms with Crippen LogP contribution < -0.4 is 10.2 Å². The van der Waals surface area contributed by atoms with Crippen molar-refractivity contribution in [2.24, 2.45) is 5.92 Å². The lowest BCUT2D eigenvalue weighted by Gasteiger charge is -2.32. The fourth-order valence-corrected chi connectivity index (χ4v) is 4.03. The van der Waals surface area contributed by atoms with Crippen molar-refractivity contribution < 1.29 is 9.59 Å². The fraction of sp³-hybridized carbons (Fsp3) is 0.600. The number of piperazine rings is 1. The van der Waals surface area contributed by atoms with Crippen LogP contribution in [0.5, 0.6) is 0 Å². The minimum absolute atomic E-state index is 0.00459. The number of carbonyl (C=O) groups excluding carboxylic acids is 2. The third kappa shape index (κ3) is 5.46. The normalized spacial score (nSPS) is 21.6. The highest BCUT2D eigenvalue weighted by Gasteiger charge is 2.34. The lowest BCUT2D eigenvalue weighted by atomic mass is 10.1. The molecule has 27 heavy (non-hydrogen) atoms. The molecule has 0 aliphatic carbocycles. The molecule has 1 aromatic rings. The monoisotopic (exact) mass is 390 g/mol. The van der Waals surface area contributed by atoms with Crippen molar-refractivity contribution in [1.29, 1.82) is 0 Å². The lowest BCUT2D eigenvalue weighted by Crippen LogP contribution is -2.45. The summed E-state index contributed by atoms with van der Waals surface area (Å²) in [5, 5.41) is 3.03. The first-order valence-corrected chi connectivity index (χ1v) is 10.9. The molecule has 6 nitrogen and oxygen atoms in total. The van der Waals surface area contributed by atoms with Crippen LogP contribution in [0.1, 0.15) is 12.8 Å². The highest BCUT2D eigenvalue weighted by molar-refractivity contribution is 7.98. The second-order valence-corrected chi connectivity index (χ2v) is 8.27. The number of carbonyl (C=O) groups is 2. The Morgan fingerprint density at radius 1 is 1.19 bits per heavy atom. The largest absolute Gasteiger partial charge is 0.356 e. The molecular weight excluding hydrogens is 360 g/mol. The maximum absolute atomic E-state index is 12.4. The van der Waals surface area contributed by atoms with Crippen molar-refractivity contribution in [3.8, 4) is 0 Å². The van der Waals surface area contributed by atoms with Crippen LogP contribution in [0.25, 0.3) is 0 Å². The summed E-state index contributed by atoms with van der Waals surface area (Å²) in [6.45, 7) is 6.61. The number of nitrogens with one attached hydrogen (secondary N) is 1. The Morgan fingerprint density at radius 2 is 1.89 bits per heavy atom. The number of nitrogens with zero attached hydrogens (tertiary/aromatic N) is 3. The van der Waals surface area contributed by atoms with Crippen molar-refractivity contribution in [1.82, 2.24) is 15.1 Å². The zero-order valence-electron chi connectivity index (χ0n) is 16.3. The number of anilines is 1. The Bertz CT molecular complexity index is 644. The van der Waals surface area contributed by atoms with E-state index in [0.29, 0.717) is 19.5 Å². The molecule has 0 bridgehead atoms. The Balaban J connectivity index is 1.40. The highest BCUT2D eigenvalue weighted by Crippen LogP contribution is 2.27. The molecule has 2 aliphatic rings. The molecule has 1 atom stereocenters. The topological polar surface area (TPSA) is 55.9 Å². The molecule has 2 saturated heterocycles. The van der Waals surface area contributed by atoms with Crippen molar-refractivity contribution in [2.45, 2.75) is 17.7 Å². The number of rotatable bonds is 7. The minimum Gasteiger partial charge on any atom is -0.356 e. The molecule has 3 rings (SSSR count). The van der Waals surface area contributed by atoms with E-state index in [0.717, 1.165) is 44.8 Å². The summed E-state index contributed by atoms with van der Waals surface area (Å²) < 4.78 is 0. The van der Waals surface area contributed by atoms with Gasteiger partial charge in [0.1, 0.15) is 0 Å².